The van der Waals surface area contributed by atoms with Crippen molar-refractivity contribution in [3.8, 4) is 6.07 Å². The van der Waals surface area contributed by atoms with E-state index in [0.29, 0.717) is 0 Å². The van der Waals surface area contributed by atoms with Crippen LogP contribution in [0.15, 0.2) is 20.9 Å². The Kier molecular flexibility index (Phi) is 4.80. The Balaban J connectivity index is 2.30. The lowest BCUT2D eigenvalue weighted by Gasteiger charge is -2.16. The van der Waals surface area contributed by atoms with Crippen LogP contribution in [0.5, 0.6) is 0 Å². The van der Waals surface area contributed by atoms with Crippen molar-refractivity contribution in [1.29, 1.82) is 5.26 Å². The van der Waals surface area contributed by atoms with E-state index < -0.39 is 35.6 Å². The highest BCUT2D eigenvalue weighted by atomic mass is 16.6. The lowest BCUT2D eigenvalue weighted by molar-refractivity contribution is -0.146. The molecule has 1 aliphatic rings. The number of rotatable bonds is 4. The quantitative estimate of drug-likeness (QED) is 0.353. The number of carbonyl (C=O) groups is 1. The average molecular weight is 320 g/mol. The molecule has 1 fully saturated rings. The fraction of sp³-hybridized carbons (Fsp3) is 0.500. The Morgan fingerprint density at radius 3 is 3.04 bits per heavy atom. The summed E-state index contributed by atoms with van der Waals surface area (Å²) in [6.45, 7) is 1.08. The van der Waals surface area contributed by atoms with Gasteiger partial charge in [-0.2, -0.15) is 5.26 Å². The Labute approximate surface area is 128 Å². The van der Waals surface area contributed by atoms with Gasteiger partial charge >= 0.3 is 11.7 Å². The molecule has 2 heterocycles. The molecule has 0 aromatic carbocycles. The van der Waals surface area contributed by atoms with Crippen molar-refractivity contribution in [2.24, 2.45) is 5.11 Å². The van der Waals surface area contributed by atoms with Gasteiger partial charge in [0, 0.05) is 24.5 Å². The monoisotopic (exact) mass is 320 g/mol. The molecular weight excluding hydrogens is 308 g/mol. The van der Waals surface area contributed by atoms with Gasteiger partial charge in [-0.1, -0.05) is 5.11 Å². The summed E-state index contributed by atoms with van der Waals surface area (Å²) in [5.74, 6) is -0.523. The fourth-order valence-corrected chi connectivity index (χ4v) is 2.20. The zero-order chi connectivity index (χ0) is 17.0. The van der Waals surface area contributed by atoms with Crippen LogP contribution in [0, 0.1) is 11.3 Å². The van der Waals surface area contributed by atoms with E-state index >= 15 is 0 Å². The van der Waals surface area contributed by atoms with E-state index in [9.17, 15) is 14.4 Å². The molecule has 120 valence electrons. The van der Waals surface area contributed by atoms with Crippen LogP contribution in [-0.2, 0) is 14.3 Å². The van der Waals surface area contributed by atoms with Gasteiger partial charge < -0.3 is 9.47 Å². The summed E-state index contributed by atoms with van der Waals surface area (Å²) in [5.41, 5.74) is 6.78. The van der Waals surface area contributed by atoms with Gasteiger partial charge in [-0.25, -0.2) is 4.79 Å². The third-order valence-electron chi connectivity index (χ3n) is 3.25. The maximum Gasteiger partial charge on any atom is 0.330 e. The van der Waals surface area contributed by atoms with E-state index in [2.05, 4.69) is 10.0 Å². The van der Waals surface area contributed by atoms with E-state index in [1.165, 1.54) is 6.92 Å². The van der Waals surface area contributed by atoms with Gasteiger partial charge in [-0.05, 0) is 5.53 Å². The molecule has 3 atom stereocenters. The van der Waals surface area contributed by atoms with Crippen LogP contribution in [0.1, 0.15) is 25.1 Å². The second-order valence-electron chi connectivity index (χ2n) is 4.76. The molecule has 0 radical (unpaired) electrons. The third kappa shape index (κ3) is 3.57. The second kappa shape index (κ2) is 6.78. The van der Waals surface area contributed by atoms with Gasteiger partial charge in [0.05, 0.1) is 6.04 Å². The molecule has 2 rings (SSSR count). The number of carbonyl (C=O) groups excluding carboxylic acids is 1. The van der Waals surface area contributed by atoms with E-state index in [0.717, 1.165) is 10.8 Å². The van der Waals surface area contributed by atoms with Crippen molar-refractivity contribution in [2.45, 2.75) is 31.7 Å². The van der Waals surface area contributed by atoms with Crippen molar-refractivity contribution >= 4 is 5.97 Å². The van der Waals surface area contributed by atoms with Gasteiger partial charge in [0.1, 0.15) is 30.6 Å². The molecule has 0 aliphatic carbocycles. The molecule has 1 unspecified atom stereocenters. The minimum Gasteiger partial charge on any atom is -0.463 e. The third-order valence-corrected chi connectivity index (χ3v) is 3.25. The van der Waals surface area contributed by atoms with Crippen LogP contribution in [0.4, 0.5) is 0 Å². The molecule has 11 nitrogen and oxygen atoms in total. The molecule has 1 N–H and O–H groups in total. The summed E-state index contributed by atoms with van der Waals surface area (Å²) in [7, 11) is 0. The smallest absolute Gasteiger partial charge is 0.330 e. The van der Waals surface area contributed by atoms with Gasteiger partial charge in [-0.3, -0.25) is 19.1 Å². The number of aromatic amines is 1. The van der Waals surface area contributed by atoms with Crippen molar-refractivity contribution in [2.75, 3.05) is 6.61 Å². The van der Waals surface area contributed by atoms with Crippen molar-refractivity contribution in [3.63, 3.8) is 0 Å². The van der Waals surface area contributed by atoms with E-state index in [-0.39, 0.29) is 18.6 Å². The number of esters is 1. The second-order valence-corrected chi connectivity index (χ2v) is 4.76. The lowest BCUT2D eigenvalue weighted by Crippen LogP contribution is -2.33. The molecule has 23 heavy (non-hydrogen) atoms. The highest BCUT2D eigenvalue weighted by Gasteiger charge is 2.37. The first-order valence-corrected chi connectivity index (χ1v) is 6.55. The molecule has 1 saturated heterocycles. The molecule has 0 saturated carbocycles. The van der Waals surface area contributed by atoms with E-state index in [1.54, 1.807) is 6.07 Å². The van der Waals surface area contributed by atoms with Crippen LogP contribution < -0.4 is 11.2 Å². The van der Waals surface area contributed by atoms with E-state index in [1.807, 2.05) is 4.98 Å². The van der Waals surface area contributed by atoms with Crippen LogP contribution in [0.2, 0.25) is 0 Å². The van der Waals surface area contributed by atoms with Crippen LogP contribution in [0.3, 0.4) is 0 Å². The maximum atomic E-state index is 11.9. The number of nitrogens with zero attached hydrogens (tertiary/aromatic N) is 5. The standard InChI is InChI=1S/C12H12N6O5/c1-6(19)22-5-9-8(16-17-14)2-10(23-9)18-4-7(3-13)11(20)15-12(18)21/h4,8-10H,2,5H2,1H3,(H,15,20,21)/t8?,9-,10-/m0/s1. The number of H-pyrrole nitrogens is 1. The number of nitrogens with one attached hydrogen (secondary N) is 1. The van der Waals surface area contributed by atoms with Crippen molar-refractivity contribution in [3.05, 3.63) is 43.0 Å². The average Bonchev–Trinajstić information content (AvgIpc) is 2.88. The summed E-state index contributed by atoms with van der Waals surface area (Å²) in [5, 5.41) is 12.4. The molecule has 11 heteroatoms. The number of aromatic nitrogens is 2. The predicted molar refractivity (Wildman–Crippen MR) is 74.1 cm³/mol. The zero-order valence-electron chi connectivity index (χ0n) is 12.0. The highest BCUT2D eigenvalue weighted by Crippen LogP contribution is 2.30. The summed E-state index contributed by atoms with van der Waals surface area (Å²) in [6, 6.07) is 1.01. The van der Waals surface area contributed by atoms with Gasteiger partial charge in [0.15, 0.2) is 0 Å². The topological polar surface area (TPSA) is 163 Å². The number of nitriles is 1. The zero-order valence-corrected chi connectivity index (χ0v) is 12.0. The van der Waals surface area contributed by atoms with Crippen LogP contribution in [-0.4, -0.2) is 34.3 Å². The fourth-order valence-electron chi connectivity index (χ4n) is 2.20. The highest BCUT2D eigenvalue weighted by molar-refractivity contribution is 5.65. The minimum absolute atomic E-state index is 0.132. The number of hydrogen-bond acceptors (Lipinski definition) is 7. The Hall–Kier alpha value is -3.09. The molecule has 1 aliphatic heterocycles. The maximum absolute atomic E-state index is 11.9. The molecule has 0 bridgehead atoms. The normalized spacial score (nSPS) is 22.9. The minimum atomic E-state index is -0.859. The van der Waals surface area contributed by atoms with Gasteiger partial charge in [0.25, 0.3) is 5.56 Å². The first-order chi connectivity index (χ1) is 11.0. The lowest BCUT2D eigenvalue weighted by atomic mass is 10.1. The Bertz CT molecular complexity index is 814. The number of azide groups is 1. The SMILES string of the molecule is CC(=O)OC[C@@H]1O[C@H](n2cc(C#N)c(=O)[nH]c2=O)CC1N=[N+]=[N-]. The number of hydrogen-bond donors (Lipinski definition) is 1. The molecule has 0 spiro atoms. The van der Waals surface area contributed by atoms with Crippen LogP contribution >= 0.6 is 0 Å². The van der Waals surface area contributed by atoms with E-state index in [4.69, 9.17) is 20.3 Å². The van der Waals surface area contributed by atoms with Crippen molar-refractivity contribution < 1.29 is 14.3 Å². The molecule has 1 aromatic rings. The molecule has 1 aromatic heterocycles. The molecule has 0 amide bonds. The largest absolute Gasteiger partial charge is 0.463 e. The summed E-state index contributed by atoms with van der Waals surface area (Å²) < 4.78 is 11.4. The summed E-state index contributed by atoms with van der Waals surface area (Å²) in [4.78, 5) is 38.8. The van der Waals surface area contributed by atoms with Gasteiger partial charge in [-0.15, -0.1) is 0 Å². The predicted octanol–water partition coefficient (Wildman–Crippen LogP) is -0.0622. The molecular formula is C12H12N6O5. The Morgan fingerprint density at radius 1 is 1.70 bits per heavy atom. The summed E-state index contributed by atoms with van der Waals surface area (Å²) in [6.07, 6.45) is -0.383. The summed E-state index contributed by atoms with van der Waals surface area (Å²) >= 11 is 0. The Morgan fingerprint density at radius 2 is 2.43 bits per heavy atom. The van der Waals surface area contributed by atoms with Crippen LogP contribution in [0.25, 0.3) is 10.4 Å². The van der Waals surface area contributed by atoms with Gasteiger partial charge in [0.2, 0.25) is 0 Å². The number of ether oxygens (including phenoxy) is 2. The first-order valence-electron chi connectivity index (χ1n) is 6.55. The first kappa shape index (κ1) is 16.3. The van der Waals surface area contributed by atoms with Crippen molar-refractivity contribution in [1.82, 2.24) is 9.55 Å².